The van der Waals surface area contributed by atoms with Gasteiger partial charge < -0.3 is 9.84 Å². The maximum Gasteiger partial charge on any atom is 0.118 e. The molecule has 0 fully saturated rings. The number of aliphatic hydroxyl groups is 1. The zero-order valence-corrected chi connectivity index (χ0v) is 9.00. The molecule has 0 amide bonds. The summed E-state index contributed by atoms with van der Waals surface area (Å²) in [6.45, 7) is 0.494. The summed E-state index contributed by atoms with van der Waals surface area (Å²) in [6, 6.07) is 7.63. The van der Waals surface area contributed by atoms with E-state index in [2.05, 4.69) is 10.3 Å². The molecule has 2 aromatic rings. The third-order valence-corrected chi connectivity index (χ3v) is 2.32. The van der Waals surface area contributed by atoms with Gasteiger partial charge in [-0.05, 0) is 24.3 Å². The Morgan fingerprint density at radius 2 is 2.06 bits per heavy atom. The number of nitrogens with zero attached hydrogens (tertiary/aromatic N) is 3. The van der Waals surface area contributed by atoms with E-state index in [9.17, 15) is 0 Å². The minimum atomic E-state index is 0.0481. The van der Waals surface area contributed by atoms with Crippen molar-refractivity contribution in [3.63, 3.8) is 0 Å². The number of aromatic nitrogens is 3. The van der Waals surface area contributed by atoms with E-state index in [-0.39, 0.29) is 6.61 Å². The predicted octanol–water partition coefficient (Wildman–Crippen LogP) is 0.946. The van der Waals surface area contributed by atoms with Crippen LogP contribution in [0.2, 0.25) is 0 Å². The first-order chi connectivity index (χ1) is 7.85. The average Bonchev–Trinajstić information content (AvgIpc) is 2.78. The number of aliphatic hydroxyl groups excluding tert-OH is 1. The average molecular weight is 219 g/mol. The van der Waals surface area contributed by atoms with Gasteiger partial charge in [0.25, 0.3) is 0 Å². The van der Waals surface area contributed by atoms with Crippen LogP contribution in [-0.2, 0) is 6.54 Å². The van der Waals surface area contributed by atoms with Crippen molar-refractivity contribution in [2.24, 2.45) is 0 Å². The molecule has 16 heavy (non-hydrogen) atoms. The molecule has 1 N–H and O–H groups in total. The second kappa shape index (κ2) is 4.76. The standard InChI is InChI=1S/C11H13N3O2/c1-16-10-4-2-9(3-5-10)11-8-12-13-14(11)6-7-15/h2-5,8,15H,6-7H2,1H3. The van der Waals surface area contributed by atoms with Gasteiger partial charge in [0.15, 0.2) is 0 Å². The first-order valence-corrected chi connectivity index (χ1v) is 4.99. The van der Waals surface area contributed by atoms with Gasteiger partial charge in [0.05, 0.1) is 32.2 Å². The molecule has 0 aliphatic carbocycles. The van der Waals surface area contributed by atoms with Crippen molar-refractivity contribution in [3.05, 3.63) is 30.5 Å². The van der Waals surface area contributed by atoms with Crippen molar-refractivity contribution >= 4 is 0 Å². The first kappa shape index (κ1) is 10.6. The summed E-state index contributed by atoms with van der Waals surface area (Å²) >= 11 is 0. The van der Waals surface area contributed by atoms with Crippen LogP contribution in [0.5, 0.6) is 5.75 Å². The van der Waals surface area contributed by atoms with E-state index in [1.165, 1.54) is 0 Å². The van der Waals surface area contributed by atoms with Crippen LogP contribution in [0.1, 0.15) is 0 Å². The van der Waals surface area contributed by atoms with Crippen LogP contribution in [-0.4, -0.2) is 33.8 Å². The van der Waals surface area contributed by atoms with Gasteiger partial charge in [0, 0.05) is 5.56 Å². The summed E-state index contributed by atoms with van der Waals surface area (Å²) in [5, 5.41) is 16.6. The Morgan fingerprint density at radius 3 is 2.69 bits per heavy atom. The molecule has 0 spiro atoms. The van der Waals surface area contributed by atoms with Crippen LogP contribution in [0.3, 0.4) is 0 Å². The highest BCUT2D eigenvalue weighted by atomic mass is 16.5. The van der Waals surface area contributed by atoms with Crippen LogP contribution in [0.4, 0.5) is 0 Å². The number of rotatable bonds is 4. The Morgan fingerprint density at radius 1 is 1.31 bits per heavy atom. The zero-order chi connectivity index (χ0) is 11.4. The van der Waals surface area contributed by atoms with E-state index in [0.717, 1.165) is 17.0 Å². The topological polar surface area (TPSA) is 60.2 Å². The highest BCUT2D eigenvalue weighted by Crippen LogP contribution is 2.21. The van der Waals surface area contributed by atoms with Crippen LogP contribution in [0.25, 0.3) is 11.3 Å². The molecule has 0 saturated heterocycles. The van der Waals surface area contributed by atoms with Crippen LogP contribution in [0, 0.1) is 0 Å². The number of ether oxygens (including phenoxy) is 1. The number of benzene rings is 1. The number of hydrogen-bond donors (Lipinski definition) is 1. The summed E-state index contributed by atoms with van der Waals surface area (Å²) in [4.78, 5) is 0. The molecule has 0 aliphatic heterocycles. The van der Waals surface area contributed by atoms with Gasteiger partial charge in [-0.2, -0.15) is 0 Å². The zero-order valence-electron chi connectivity index (χ0n) is 9.00. The van der Waals surface area contributed by atoms with Gasteiger partial charge in [0.2, 0.25) is 0 Å². The first-order valence-electron chi connectivity index (χ1n) is 4.99. The molecule has 0 saturated carbocycles. The van der Waals surface area contributed by atoms with Crippen LogP contribution < -0.4 is 4.74 Å². The Kier molecular flexibility index (Phi) is 3.16. The van der Waals surface area contributed by atoms with Crippen molar-refractivity contribution in [3.8, 4) is 17.0 Å². The minimum Gasteiger partial charge on any atom is -0.497 e. The second-order valence-corrected chi connectivity index (χ2v) is 3.29. The fourth-order valence-electron chi connectivity index (χ4n) is 1.50. The number of methoxy groups -OCH3 is 1. The van der Waals surface area contributed by atoms with E-state index >= 15 is 0 Å². The lowest BCUT2D eigenvalue weighted by Crippen LogP contribution is -2.05. The highest BCUT2D eigenvalue weighted by molar-refractivity contribution is 5.59. The number of hydrogen-bond acceptors (Lipinski definition) is 4. The quantitative estimate of drug-likeness (QED) is 0.831. The van der Waals surface area contributed by atoms with Crippen LogP contribution in [0.15, 0.2) is 30.5 Å². The molecule has 84 valence electrons. The van der Waals surface area contributed by atoms with E-state index in [0.29, 0.717) is 6.54 Å². The Bertz CT molecular complexity index is 451. The molecule has 0 unspecified atom stereocenters. The van der Waals surface area contributed by atoms with E-state index in [4.69, 9.17) is 9.84 Å². The van der Waals surface area contributed by atoms with Crippen molar-refractivity contribution in [1.82, 2.24) is 15.0 Å². The molecule has 0 bridgehead atoms. The smallest absolute Gasteiger partial charge is 0.118 e. The summed E-state index contributed by atoms with van der Waals surface area (Å²) in [7, 11) is 1.63. The van der Waals surface area contributed by atoms with E-state index in [1.807, 2.05) is 24.3 Å². The predicted molar refractivity (Wildman–Crippen MR) is 59.1 cm³/mol. The lowest BCUT2D eigenvalue weighted by molar-refractivity contribution is 0.269. The largest absolute Gasteiger partial charge is 0.497 e. The maximum absolute atomic E-state index is 8.88. The van der Waals surface area contributed by atoms with Crippen molar-refractivity contribution in [2.45, 2.75) is 6.54 Å². The minimum absolute atomic E-state index is 0.0481. The molecule has 0 radical (unpaired) electrons. The lowest BCUT2D eigenvalue weighted by atomic mass is 10.1. The molecule has 0 atom stereocenters. The van der Waals surface area contributed by atoms with Crippen molar-refractivity contribution < 1.29 is 9.84 Å². The second-order valence-electron chi connectivity index (χ2n) is 3.29. The molecule has 1 aromatic heterocycles. The molecular formula is C11H13N3O2. The molecular weight excluding hydrogens is 206 g/mol. The normalized spacial score (nSPS) is 10.4. The van der Waals surface area contributed by atoms with Gasteiger partial charge in [-0.1, -0.05) is 5.21 Å². The fourth-order valence-corrected chi connectivity index (χ4v) is 1.50. The molecule has 5 heteroatoms. The summed E-state index contributed by atoms with van der Waals surface area (Å²) in [5.74, 6) is 0.810. The lowest BCUT2D eigenvalue weighted by Gasteiger charge is -2.05. The molecule has 1 aromatic carbocycles. The molecule has 0 aliphatic rings. The highest BCUT2D eigenvalue weighted by Gasteiger charge is 2.05. The van der Waals surface area contributed by atoms with Gasteiger partial charge in [-0.25, -0.2) is 4.68 Å². The van der Waals surface area contributed by atoms with Gasteiger partial charge in [-0.3, -0.25) is 0 Å². The third kappa shape index (κ3) is 2.04. The summed E-state index contributed by atoms with van der Waals surface area (Å²) in [6.07, 6.45) is 1.68. The molecule has 1 heterocycles. The SMILES string of the molecule is COc1ccc(-c2cnnn2CCO)cc1. The van der Waals surface area contributed by atoms with Crippen molar-refractivity contribution in [1.29, 1.82) is 0 Å². The summed E-state index contributed by atoms with van der Waals surface area (Å²) < 4.78 is 6.75. The Hall–Kier alpha value is -1.88. The Labute approximate surface area is 93.3 Å². The maximum atomic E-state index is 8.88. The summed E-state index contributed by atoms with van der Waals surface area (Å²) in [5.41, 5.74) is 1.89. The van der Waals surface area contributed by atoms with Gasteiger partial charge in [0.1, 0.15) is 5.75 Å². The van der Waals surface area contributed by atoms with E-state index in [1.54, 1.807) is 18.0 Å². The Balaban J connectivity index is 2.31. The van der Waals surface area contributed by atoms with Crippen LogP contribution >= 0.6 is 0 Å². The molecule has 2 rings (SSSR count). The molecule has 5 nitrogen and oxygen atoms in total. The monoisotopic (exact) mass is 219 g/mol. The van der Waals surface area contributed by atoms with Crippen molar-refractivity contribution in [2.75, 3.05) is 13.7 Å². The van der Waals surface area contributed by atoms with Gasteiger partial charge >= 0.3 is 0 Å². The fraction of sp³-hybridized carbons (Fsp3) is 0.273. The van der Waals surface area contributed by atoms with Gasteiger partial charge in [-0.15, -0.1) is 5.10 Å². The third-order valence-electron chi connectivity index (χ3n) is 2.32. The van der Waals surface area contributed by atoms with E-state index < -0.39 is 0 Å².